The van der Waals surface area contributed by atoms with Crippen molar-refractivity contribution in [3.63, 3.8) is 0 Å². The van der Waals surface area contributed by atoms with Crippen LogP contribution in [0.25, 0.3) is 11.1 Å². The number of benzene rings is 2. The predicted octanol–water partition coefficient (Wildman–Crippen LogP) is 3.59. The summed E-state index contributed by atoms with van der Waals surface area (Å²) < 4.78 is 27.7. The Labute approximate surface area is 147 Å². The van der Waals surface area contributed by atoms with Gasteiger partial charge in [-0.3, -0.25) is 0 Å². The van der Waals surface area contributed by atoms with E-state index in [-0.39, 0.29) is 17.0 Å². The number of nitrogens with one attached hydrogen (secondary N) is 1. The van der Waals surface area contributed by atoms with Crippen molar-refractivity contribution in [1.29, 1.82) is 0 Å². The number of aliphatic hydroxyl groups is 1. The lowest BCUT2D eigenvalue weighted by Crippen LogP contribution is -2.38. The third-order valence-electron chi connectivity index (χ3n) is 4.37. The molecule has 2 N–H and O–H groups in total. The molecule has 128 valence electrons. The smallest absolute Gasteiger partial charge is 0.240 e. The Morgan fingerprint density at radius 1 is 0.958 bits per heavy atom. The quantitative estimate of drug-likeness (QED) is 0.870. The molecule has 4 nitrogen and oxygen atoms in total. The fourth-order valence-electron chi connectivity index (χ4n) is 2.99. The van der Waals surface area contributed by atoms with Gasteiger partial charge in [0.25, 0.3) is 0 Å². The Morgan fingerprint density at radius 3 is 2.21 bits per heavy atom. The third kappa shape index (κ3) is 3.98. The van der Waals surface area contributed by atoms with Crippen LogP contribution in [-0.2, 0) is 10.0 Å². The summed E-state index contributed by atoms with van der Waals surface area (Å²) in [5.41, 5.74) is 1.75. The van der Waals surface area contributed by atoms with Crippen LogP contribution in [0.5, 0.6) is 0 Å². The van der Waals surface area contributed by atoms with E-state index in [2.05, 4.69) is 4.72 Å². The zero-order valence-corrected chi connectivity index (χ0v) is 14.7. The van der Waals surface area contributed by atoms with Gasteiger partial charge in [-0.2, -0.15) is 0 Å². The zero-order valence-electron chi connectivity index (χ0n) is 13.2. The second kappa shape index (κ2) is 7.23. The van der Waals surface area contributed by atoms with E-state index < -0.39 is 10.0 Å². The second-order valence-electron chi connectivity index (χ2n) is 6.13. The van der Waals surface area contributed by atoms with Crippen molar-refractivity contribution in [3.05, 3.63) is 53.6 Å². The molecule has 0 bridgehead atoms. The molecule has 0 amide bonds. The molecule has 24 heavy (non-hydrogen) atoms. The van der Waals surface area contributed by atoms with Gasteiger partial charge in [-0.15, -0.1) is 0 Å². The fraction of sp³-hybridized carbons (Fsp3) is 0.333. The molecule has 0 atom stereocenters. The number of rotatable bonds is 4. The lowest BCUT2D eigenvalue weighted by molar-refractivity contribution is 0.120. The first-order valence-electron chi connectivity index (χ1n) is 8.01. The average molecular weight is 366 g/mol. The van der Waals surface area contributed by atoms with Crippen molar-refractivity contribution in [2.75, 3.05) is 0 Å². The molecule has 0 aliphatic heterocycles. The van der Waals surface area contributed by atoms with E-state index in [1.54, 1.807) is 30.3 Å². The largest absolute Gasteiger partial charge is 0.393 e. The van der Waals surface area contributed by atoms with Gasteiger partial charge in [0, 0.05) is 16.6 Å². The predicted molar refractivity (Wildman–Crippen MR) is 95.5 cm³/mol. The van der Waals surface area contributed by atoms with Crippen LogP contribution in [0.3, 0.4) is 0 Å². The van der Waals surface area contributed by atoms with Gasteiger partial charge in [0.2, 0.25) is 10.0 Å². The van der Waals surface area contributed by atoms with E-state index >= 15 is 0 Å². The van der Waals surface area contributed by atoms with Crippen molar-refractivity contribution in [2.24, 2.45) is 0 Å². The molecule has 0 spiro atoms. The molecule has 2 aromatic carbocycles. The average Bonchev–Trinajstić information content (AvgIpc) is 2.57. The van der Waals surface area contributed by atoms with Gasteiger partial charge in [0.1, 0.15) is 0 Å². The van der Waals surface area contributed by atoms with E-state index in [0.717, 1.165) is 11.1 Å². The molecule has 1 aliphatic rings. The molecule has 1 aliphatic carbocycles. The standard InChI is InChI=1S/C18H20ClNO3S/c19-18-4-2-1-3-17(18)13-5-11-16(12-6-13)24(22,23)20-14-7-9-15(21)10-8-14/h1-6,11-12,14-15,20-21H,7-10H2. The van der Waals surface area contributed by atoms with Gasteiger partial charge in [-0.25, -0.2) is 13.1 Å². The summed E-state index contributed by atoms with van der Waals surface area (Å²) in [4.78, 5) is 0.240. The number of aliphatic hydroxyl groups excluding tert-OH is 1. The van der Waals surface area contributed by atoms with Crippen LogP contribution in [0.15, 0.2) is 53.4 Å². The van der Waals surface area contributed by atoms with Crippen LogP contribution in [0.4, 0.5) is 0 Å². The first kappa shape index (κ1) is 17.4. The van der Waals surface area contributed by atoms with E-state index in [1.807, 2.05) is 18.2 Å². The monoisotopic (exact) mass is 365 g/mol. The van der Waals surface area contributed by atoms with Crippen molar-refractivity contribution in [3.8, 4) is 11.1 Å². The highest BCUT2D eigenvalue weighted by Crippen LogP contribution is 2.28. The molecule has 1 fully saturated rings. The molecule has 0 heterocycles. The highest BCUT2D eigenvalue weighted by molar-refractivity contribution is 7.89. The topological polar surface area (TPSA) is 66.4 Å². The minimum Gasteiger partial charge on any atom is -0.393 e. The molecule has 0 aromatic heterocycles. The van der Waals surface area contributed by atoms with Gasteiger partial charge >= 0.3 is 0 Å². The lowest BCUT2D eigenvalue weighted by atomic mass is 9.94. The van der Waals surface area contributed by atoms with Crippen molar-refractivity contribution < 1.29 is 13.5 Å². The molecule has 1 saturated carbocycles. The molecular weight excluding hydrogens is 346 g/mol. The SMILES string of the molecule is O=S(=O)(NC1CCC(O)CC1)c1ccc(-c2ccccc2Cl)cc1. The van der Waals surface area contributed by atoms with E-state index in [4.69, 9.17) is 11.6 Å². The van der Waals surface area contributed by atoms with Crippen molar-refractivity contribution >= 4 is 21.6 Å². The summed E-state index contributed by atoms with van der Waals surface area (Å²) in [7, 11) is -3.55. The van der Waals surface area contributed by atoms with Crippen LogP contribution in [0, 0.1) is 0 Å². The van der Waals surface area contributed by atoms with E-state index in [1.165, 1.54) is 0 Å². The van der Waals surface area contributed by atoms with E-state index in [0.29, 0.717) is 30.7 Å². The maximum Gasteiger partial charge on any atom is 0.240 e. The van der Waals surface area contributed by atoms with Crippen molar-refractivity contribution in [1.82, 2.24) is 4.72 Å². The maximum atomic E-state index is 12.5. The fourth-order valence-corrected chi connectivity index (χ4v) is 4.54. The Bertz CT molecular complexity index is 797. The van der Waals surface area contributed by atoms with Crippen LogP contribution in [0.2, 0.25) is 5.02 Å². The van der Waals surface area contributed by atoms with Gasteiger partial charge in [-0.1, -0.05) is 41.9 Å². The summed E-state index contributed by atoms with van der Waals surface area (Å²) in [5, 5.41) is 10.1. The Hall–Kier alpha value is -1.40. The highest BCUT2D eigenvalue weighted by atomic mass is 35.5. The molecule has 3 rings (SSSR count). The van der Waals surface area contributed by atoms with Crippen molar-refractivity contribution in [2.45, 2.75) is 42.7 Å². The van der Waals surface area contributed by atoms with Gasteiger partial charge in [0.05, 0.1) is 11.0 Å². The number of hydrogen-bond donors (Lipinski definition) is 2. The first-order valence-corrected chi connectivity index (χ1v) is 9.87. The maximum absolute atomic E-state index is 12.5. The van der Waals surface area contributed by atoms with Crippen LogP contribution in [-0.4, -0.2) is 25.7 Å². The Kier molecular flexibility index (Phi) is 5.25. The summed E-state index contributed by atoms with van der Waals surface area (Å²) >= 11 is 6.18. The Balaban J connectivity index is 1.76. The van der Waals surface area contributed by atoms with Gasteiger partial charge in [-0.05, 0) is 49.4 Å². The number of sulfonamides is 1. The summed E-state index contributed by atoms with van der Waals surface area (Å²) in [6, 6.07) is 14.1. The van der Waals surface area contributed by atoms with Crippen LogP contribution < -0.4 is 4.72 Å². The number of hydrogen-bond acceptors (Lipinski definition) is 3. The third-order valence-corrected chi connectivity index (χ3v) is 6.23. The van der Waals surface area contributed by atoms with Gasteiger partial charge in [0.15, 0.2) is 0 Å². The second-order valence-corrected chi connectivity index (χ2v) is 8.25. The van der Waals surface area contributed by atoms with Crippen LogP contribution >= 0.6 is 11.6 Å². The summed E-state index contributed by atoms with van der Waals surface area (Å²) in [6.45, 7) is 0. The van der Waals surface area contributed by atoms with E-state index in [9.17, 15) is 13.5 Å². The van der Waals surface area contributed by atoms with Crippen LogP contribution in [0.1, 0.15) is 25.7 Å². The molecule has 0 saturated heterocycles. The molecular formula is C18H20ClNO3S. The Morgan fingerprint density at radius 2 is 1.58 bits per heavy atom. The zero-order chi connectivity index (χ0) is 17.2. The minimum absolute atomic E-state index is 0.110. The number of halogens is 1. The lowest BCUT2D eigenvalue weighted by Gasteiger charge is -2.26. The molecule has 6 heteroatoms. The van der Waals surface area contributed by atoms with Gasteiger partial charge < -0.3 is 5.11 Å². The minimum atomic E-state index is -3.55. The summed E-state index contributed by atoms with van der Waals surface area (Å²) in [5.74, 6) is 0. The molecule has 2 aromatic rings. The molecule has 0 unspecified atom stereocenters. The summed E-state index contributed by atoms with van der Waals surface area (Å²) in [6.07, 6.45) is 2.30. The molecule has 0 radical (unpaired) electrons. The normalized spacial score (nSPS) is 21.6. The highest BCUT2D eigenvalue weighted by Gasteiger charge is 2.24. The first-order chi connectivity index (χ1) is 11.5.